The summed E-state index contributed by atoms with van der Waals surface area (Å²) < 4.78 is 3.13. The van der Waals surface area contributed by atoms with Crippen LogP contribution in [0.4, 0.5) is 11.6 Å². The normalized spacial score (nSPS) is 12.9. The molecule has 28 heavy (non-hydrogen) atoms. The number of fused-ring (bicyclic) bond motifs is 1. The van der Waals surface area contributed by atoms with Crippen LogP contribution in [0, 0.1) is 6.92 Å². The highest BCUT2D eigenvalue weighted by molar-refractivity contribution is 9.10. The highest BCUT2D eigenvalue weighted by atomic mass is 79.9. The monoisotopic (exact) mass is 437 g/mol. The third-order valence-electron chi connectivity index (χ3n) is 4.32. The van der Waals surface area contributed by atoms with Gasteiger partial charge in [0.2, 0.25) is 5.95 Å². The number of benzene rings is 2. The van der Waals surface area contributed by atoms with Crippen molar-refractivity contribution in [1.29, 1.82) is 0 Å². The zero-order valence-corrected chi connectivity index (χ0v) is 17.9. The molecule has 0 aliphatic rings. The van der Waals surface area contributed by atoms with Crippen molar-refractivity contribution < 1.29 is 0 Å². The van der Waals surface area contributed by atoms with Gasteiger partial charge < -0.3 is 11.1 Å². The molecule has 0 saturated heterocycles. The number of imidazole rings is 1. The molecule has 0 fully saturated rings. The summed E-state index contributed by atoms with van der Waals surface area (Å²) in [6.07, 6.45) is 6.53. The van der Waals surface area contributed by atoms with Crippen LogP contribution < -0.4 is 11.1 Å². The Kier molecular flexibility index (Phi) is 6.31. The first-order valence-electron chi connectivity index (χ1n) is 9.21. The number of nitrogens with one attached hydrogen (secondary N) is 1. The number of rotatable bonds is 6. The molecule has 0 atom stereocenters. The molecule has 3 aromatic rings. The third-order valence-corrected chi connectivity index (χ3v) is 5.18. The van der Waals surface area contributed by atoms with E-state index < -0.39 is 0 Å². The van der Waals surface area contributed by atoms with Crippen molar-refractivity contribution in [3.8, 4) is 0 Å². The molecule has 1 aromatic heterocycles. The van der Waals surface area contributed by atoms with Gasteiger partial charge in [-0.25, -0.2) is 9.98 Å². The lowest BCUT2D eigenvalue weighted by atomic mass is 10.2. The SMILES string of the molecule is C\C=N/C(N)=C\C(=C\CC)n1c(Nc2cccc(Br)c2C)nc2ccccc21. The second-order valence-corrected chi connectivity index (χ2v) is 7.15. The zero-order chi connectivity index (χ0) is 20.1. The average molecular weight is 438 g/mol. The summed E-state index contributed by atoms with van der Waals surface area (Å²) in [5, 5.41) is 3.49. The number of aromatic nitrogens is 2. The van der Waals surface area contributed by atoms with Crippen LogP contribution in [0.2, 0.25) is 0 Å². The minimum Gasteiger partial charge on any atom is -0.384 e. The molecule has 2 aromatic carbocycles. The van der Waals surface area contributed by atoms with E-state index in [4.69, 9.17) is 10.7 Å². The Balaban J connectivity index is 2.20. The quantitative estimate of drug-likeness (QED) is 0.367. The number of aliphatic imine (C=N–C) groups is 1. The standard InChI is InChI=1S/C22H24BrN5/c1-4-9-16(14-21(24)25-5-2)28-20-13-7-6-11-19(20)27-22(28)26-18-12-8-10-17(23)15(18)3/h5-14H,4,24H2,1-3H3,(H,26,27)/b16-9-,21-14-,25-5-. The summed E-state index contributed by atoms with van der Waals surface area (Å²) in [7, 11) is 0. The lowest BCUT2D eigenvalue weighted by Crippen LogP contribution is -2.05. The van der Waals surface area contributed by atoms with Gasteiger partial charge in [0, 0.05) is 28.1 Å². The first-order valence-corrected chi connectivity index (χ1v) is 10.0. The fourth-order valence-electron chi connectivity index (χ4n) is 3.00. The van der Waals surface area contributed by atoms with Crippen LogP contribution in [0.1, 0.15) is 25.8 Å². The lowest BCUT2D eigenvalue weighted by Gasteiger charge is -2.14. The fourth-order valence-corrected chi connectivity index (χ4v) is 3.36. The van der Waals surface area contributed by atoms with E-state index in [2.05, 4.69) is 56.8 Å². The molecule has 5 nitrogen and oxygen atoms in total. The highest BCUT2D eigenvalue weighted by Gasteiger charge is 2.14. The number of anilines is 2. The Bertz CT molecular complexity index is 1080. The number of hydrogen-bond acceptors (Lipinski definition) is 4. The minimum absolute atomic E-state index is 0.449. The number of allylic oxidation sites excluding steroid dienone is 3. The summed E-state index contributed by atoms with van der Waals surface area (Å²) in [6.45, 7) is 6.01. The highest BCUT2D eigenvalue weighted by Crippen LogP contribution is 2.30. The molecule has 0 amide bonds. The van der Waals surface area contributed by atoms with E-state index in [1.165, 1.54) is 0 Å². The van der Waals surface area contributed by atoms with Gasteiger partial charge >= 0.3 is 0 Å². The second-order valence-electron chi connectivity index (χ2n) is 6.29. The van der Waals surface area contributed by atoms with Crippen molar-refractivity contribution >= 4 is 50.5 Å². The summed E-state index contributed by atoms with van der Waals surface area (Å²) in [5.41, 5.74) is 11.0. The van der Waals surface area contributed by atoms with Crippen molar-refractivity contribution in [2.45, 2.75) is 27.2 Å². The van der Waals surface area contributed by atoms with Crippen molar-refractivity contribution in [2.24, 2.45) is 10.7 Å². The molecule has 3 rings (SSSR count). The van der Waals surface area contributed by atoms with E-state index in [0.29, 0.717) is 5.82 Å². The number of para-hydroxylation sites is 2. The van der Waals surface area contributed by atoms with Crippen LogP contribution in [-0.4, -0.2) is 15.8 Å². The second kappa shape index (κ2) is 8.89. The van der Waals surface area contributed by atoms with Crippen LogP contribution in [0.3, 0.4) is 0 Å². The molecule has 1 heterocycles. The van der Waals surface area contributed by atoms with Crippen molar-refractivity contribution in [3.63, 3.8) is 0 Å². The van der Waals surface area contributed by atoms with Gasteiger partial charge in [0.15, 0.2) is 0 Å². The van der Waals surface area contributed by atoms with Gasteiger partial charge in [-0.1, -0.05) is 47.1 Å². The van der Waals surface area contributed by atoms with E-state index in [9.17, 15) is 0 Å². The predicted octanol–water partition coefficient (Wildman–Crippen LogP) is 5.99. The molecule has 144 valence electrons. The Morgan fingerprint density at radius 1 is 1.25 bits per heavy atom. The number of halogens is 1. The van der Waals surface area contributed by atoms with Crippen molar-refractivity contribution in [3.05, 3.63) is 70.5 Å². The molecule has 0 spiro atoms. The topological polar surface area (TPSA) is 68.2 Å². The van der Waals surface area contributed by atoms with Crippen LogP contribution in [-0.2, 0) is 0 Å². The smallest absolute Gasteiger partial charge is 0.213 e. The van der Waals surface area contributed by atoms with Crippen LogP contribution in [0.5, 0.6) is 0 Å². The third kappa shape index (κ3) is 4.17. The molecule has 0 unspecified atom stereocenters. The summed E-state index contributed by atoms with van der Waals surface area (Å²) in [6, 6.07) is 14.1. The Hall–Kier alpha value is -2.86. The van der Waals surface area contributed by atoms with Crippen LogP contribution in [0.25, 0.3) is 16.7 Å². The van der Waals surface area contributed by atoms with Gasteiger partial charge in [-0.3, -0.25) is 4.57 Å². The maximum absolute atomic E-state index is 6.07. The Morgan fingerprint density at radius 2 is 2.04 bits per heavy atom. The molecule has 0 saturated carbocycles. The Labute approximate surface area is 173 Å². The number of nitrogens with two attached hydrogens (primary N) is 1. The van der Waals surface area contributed by atoms with Gasteiger partial charge in [-0.05, 0) is 50.1 Å². The minimum atomic E-state index is 0.449. The average Bonchev–Trinajstić information content (AvgIpc) is 3.03. The molecular weight excluding hydrogens is 414 g/mol. The molecule has 0 aliphatic carbocycles. The molecule has 0 bridgehead atoms. The maximum atomic E-state index is 6.07. The number of hydrogen-bond donors (Lipinski definition) is 2. The predicted molar refractivity (Wildman–Crippen MR) is 123 cm³/mol. The van der Waals surface area contributed by atoms with E-state index in [-0.39, 0.29) is 0 Å². The van der Waals surface area contributed by atoms with Gasteiger partial charge in [0.05, 0.1) is 11.0 Å². The van der Waals surface area contributed by atoms with Gasteiger partial charge in [0.1, 0.15) is 5.82 Å². The van der Waals surface area contributed by atoms with Crippen molar-refractivity contribution in [1.82, 2.24) is 9.55 Å². The van der Waals surface area contributed by atoms with Gasteiger partial charge in [0.25, 0.3) is 0 Å². The summed E-state index contributed by atoms with van der Waals surface area (Å²) in [4.78, 5) is 9.01. The lowest BCUT2D eigenvalue weighted by molar-refractivity contribution is 1.10. The van der Waals surface area contributed by atoms with Gasteiger partial charge in [-0.2, -0.15) is 0 Å². The van der Waals surface area contributed by atoms with E-state index in [0.717, 1.165) is 44.8 Å². The summed E-state index contributed by atoms with van der Waals surface area (Å²) >= 11 is 3.60. The maximum Gasteiger partial charge on any atom is 0.213 e. The summed E-state index contributed by atoms with van der Waals surface area (Å²) in [5.74, 6) is 1.18. The Morgan fingerprint density at radius 3 is 2.79 bits per heavy atom. The van der Waals surface area contributed by atoms with Crippen molar-refractivity contribution in [2.75, 3.05) is 5.32 Å². The first-order chi connectivity index (χ1) is 13.5. The van der Waals surface area contributed by atoms with Gasteiger partial charge in [-0.15, -0.1) is 0 Å². The molecule has 0 radical (unpaired) electrons. The zero-order valence-electron chi connectivity index (χ0n) is 16.3. The molecule has 6 heteroatoms. The fraction of sp³-hybridized carbons (Fsp3) is 0.182. The molecular formula is C22H24BrN5. The number of nitrogens with zero attached hydrogens (tertiary/aromatic N) is 3. The van der Waals surface area contributed by atoms with E-state index in [1.54, 1.807) is 6.21 Å². The van der Waals surface area contributed by atoms with E-state index >= 15 is 0 Å². The van der Waals surface area contributed by atoms with Crippen LogP contribution in [0.15, 0.2) is 69.9 Å². The van der Waals surface area contributed by atoms with E-state index in [1.807, 2.05) is 49.4 Å². The molecule has 0 aliphatic heterocycles. The largest absolute Gasteiger partial charge is 0.384 e. The first kappa shape index (κ1) is 19.9. The van der Waals surface area contributed by atoms with Crippen LogP contribution >= 0.6 is 15.9 Å². The molecule has 3 N–H and O–H groups in total.